The Balaban J connectivity index is 3.18. The highest BCUT2D eigenvalue weighted by molar-refractivity contribution is 7.80. The molecule has 0 saturated carbocycles. The van der Waals surface area contributed by atoms with Crippen molar-refractivity contribution in [2.75, 3.05) is 19.0 Å². The molecule has 0 heterocycles. The van der Waals surface area contributed by atoms with Gasteiger partial charge in [0.1, 0.15) is 0 Å². The second-order valence-electron chi connectivity index (χ2n) is 3.74. The van der Waals surface area contributed by atoms with Crippen molar-refractivity contribution in [1.82, 2.24) is 0 Å². The first-order valence-corrected chi connectivity index (χ1v) is 5.84. The molecule has 0 radical (unpaired) electrons. The number of ether oxygens (including phenoxy) is 1. The minimum atomic E-state index is -4.05. The molecule has 1 nitrogen and oxygen atoms in total. The summed E-state index contributed by atoms with van der Waals surface area (Å²) in [5.74, 6) is 1.38. The molecule has 0 aromatic heterocycles. The Labute approximate surface area is 94.8 Å². The Morgan fingerprint density at radius 1 is 1.20 bits per heavy atom. The number of hydrogen-bond donors (Lipinski definition) is 1. The molecule has 0 aliphatic rings. The lowest BCUT2D eigenvalue weighted by Crippen LogP contribution is -2.09. The standard InChI is InChI=1S/C10H19F3OS/c1-9(4-8-15)3-7-14-6-2-5-10(11,12)13/h9,15H,2-8H2,1H3. The largest absolute Gasteiger partial charge is 0.389 e. The molecule has 0 amide bonds. The van der Waals surface area contributed by atoms with Crippen LogP contribution < -0.4 is 0 Å². The third-order valence-electron chi connectivity index (χ3n) is 2.13. The summed E-state index contributed by atoms with van der Waals surface area (Å²) in [6.07, 6.45) is -2.83. The fourth-order valence-electron chi connectivity index (χ4n) is 1.13. The molecule has 0 aliphatic carbocycles. The molecule has 0 N–H and O–H groups in total. The lowest BCUT2D eigenvalue weighted by atomic mass is 10.1. The Morgan fingerprint density at radius 2 is 1.87 bits per heavy atom. The van der Waals surface area contributed by atoms with E-state index < -0.39 is 12.6 Å². The fraction of sp³-hybridized carbons (Fsp3) is 1.00. The van der Waals surface area contributed by atoms with Crippen LogP contribution in [0, 0.1) is 5.92 Å². The maximum absolute atomic E-state index is 11.7. The molecule has 0 aromatic carbocycles. The van der Waals surface area contributed by atoms with Gasteiger partial charge in [-0.2, -0.15) is 25.8 Å². The van der Waals surface area contributed by atoms with Gasteiger partial charge in [-0.25, -0.2) is 0 Å². The molecule has 5 heteroatoms. The maximum Gasteiger partial charge on any atom is 0.389 e. The second-order valence-corrected chi connectivity index (χ2v) is 4.18. The van der Waals surface area contributed by atoms with Crippen LogP contribution in [0.25, 0.3) is 0 Å². The van der Waals surface area contributed by atoms with Gasteiger partial charge >= 0.3 is 6.18 Å². The average molecular weight is 244 g/mol. The summed E-state index contributed by atoms with van der Waals surface area (Å²) in [7, 11) is 0. The van der Waals surface area contributed by atoms with Crippen molar-refractivity contribution >= 4 is 12.6 Å². The summed E-state index contributed by atoms with van der Waals surface area (Å²) in [5.41, 5.74) is 0. The van der Waals surface area contributed by atoms with Gasteiger partial charge in [-0.15, -0.1) is 0 Å². The molecular formula is C10H19F3OS. The third kappa shape index (κ3) is 12.0. The number of thiol groups is 1. The van der Waals surface area contributed by atoms with E-state index in [1.54, 1.807) is 0 Å². The van der Waals surface area contributed by atoms with Crippen molar-refractivity contribution in [3.05, 3.63) is 0 Å². The van der Waals surface area contributed by atoms with Crippen LogP contribution in [-0.2, 0) is 4.74 Å². The first-order valence-electron chi connectivity index (χ1n) is 5.21. The smallest absolute Gasteiger partial charge is 0.381 e. The highest BCUT2D eigenvalue weighted by Gasteiger charge is 2.25. The Morgan fingerprint density at radius 3 is 2.40 bits per heavy atom. The van der Waals surface area contributed by atoms with Crippen LogP contribution in [0.3, 0.4) is 0 Å². The van der Waals surface area contributed by atoms with Crippen LogP contribution in [0.4, 0.5) is 13.2 Å². The summed E-state index contributed by atoms with van der Waals surface area (Å²) in [5, 5.41) is 0. The molecule has 0 rings (SSSR count). The van der Waals surface area contributed by atoms with E-state index in [4.69, 9.17) is 4.74 Å². The SMILES string of the molecule is CC(CCS)CCOCCCC(F)(F)F. The van der Waals surface area contributed by atoms with E-state index in [1.807, 2.05) is 0 Å². The van der Waals surface area contributed by atoms with Gasteiger partial charge in [0.15, 0.2) is 0 Å². The number of rotatable bonds is 8. The van der Waals surface area contributed by atoms with E-state index in [1.165, 1.54) is 0 Å². The van der Waals surface area contributed by atoms with Gasteiger partial charge in [0.25, 0.3) is 0 Å². The minimum absolute atomic E-state index is 0.0600. The zero-order valence-electron chi connectivity index (χ0n) is 9.02. The topological polar surface area (TPSA) is 9.23 Å². The molecule has 15 heavy (non-hydrogen) atoms. The number of alkyl halides is 3. The van der Waals surface area contributed by atoms with E-state index in [9.17, 15) is 13.2 Å². The molecule has 0 fully saturated rings. The predicted octanol–water partition coefficient (Wildman–Crippen LogP) is 3.69. The highest BCUT2D eigenvalue weighted by Crippen LogP contribution is 2.21. The van der Waals surface area contributed by atoms with E-state index in [-0.39, 0.29) is 13.0 Å². The molecule has 0 spiro atoms. The van der Waals surface area contributed by atoms with Crippen LogP contribution >= 0.6 is 12.6 Å². The van der Waals surface area contributed by atoms with Gasteiger partial charge < -0.3 is 4.74 Å². The van der Waals surface area contributed by atoms with Gasteiger partial charge in [0.2, 0.25) is 0 Å². The van der Waals surface area contributed by atoms with Gasteiger partial charge in [0, 0.05) is 19.6 Å². The highest BCUT2D eigenvalue weighted by atomic mass is 32.1. The van der Waals surface area contributed by atoms with Crippen molar-refractivity contribution in [2.24, 2.45) is 5.92 Å². The van der Waals surface area contributed by atoms with Crippen LogP contribution in [-0.4, -0.2) is 25.1 Å². The Bertz CT molecular complexity index is 150. The molecular weight excluding hydrogens is 225 g/mol. The summed E-state index contributed by atoms with van der Waals surface area (Å²) in [4.78, 5) is 0. The van der Waals surface area contributed by atoms with Crippen molar-refractivity contribution in [3.8, 4) is 0 Å². The molecule has 1 unspecified atom stereocenters. The zero-order chi connectivity index (χ0) is 11.7. The second kappa shape index (κ2) is 8.28. The normalized spacial score (nSPS) is 14.2. The molecule has 0 saturated heterocycles. The van der Waals surface area contributed by atoms with Crippen LogP contribution in [0.5, 0.6) is 0 Å². The quantitative estimate of drug-likeness (QED) is 0.506. The Hall–Kier alpha value is 0.100. The summed E-state index contributed by atoms with van der Waals surface area (Å²) < 4.78 is 40.3. The van der Waals surface area contributed by atoms with Gasteiger partial charge in [-0.1, -0.05) is 6.92 Å². The average Bonchev–Trinajstić information content (AvgIpc) is 2.09. The van der Waals surface area contributed by atoms with E-state index in [2.05, 4.69) is 19.6 Å². The van der Waals surface area contributed by atoms with Crippen molar-refractivity contribution in [2.45, 2.75) is 38.8 Å². The third-order valence-corrected chi connectivity index (χ3v) is 2.38. The monoisotopic (exact) mass is 244 g/mol. The lowest BCUT2D eigenvalue weighted by molar-refractivity contribution is -0.137. The predicted molar refractivity (Wildman–Crippen MR) is 58.4 cm³/mol. The minimum Gasteiger partial charge on any atom is -0.381 e. The number of halogens is 3. The van der Waals surface area contributed by atoms with Gasteiger partial charge in [0.05, 0.1) is 0 Å². The first-order chi connectivity index (χ1) is 6.95. The first kappa shape index (κ1) is 15.1. The van der Waals surface area contributed by atoms with Crippen LogP contribution in [0.15, 0.2) is 0 Å². The van der Waals surface area contributed by atoms with Crippen LogP contribution in [0.1, 0.15) is 32.6 Å². The van der Waals surface area contributed by atoms with E-state index >= 15 is 0 Å². The van der Waals surface area contributed by atoms with Crippen LogP contribution in [0.2, 0.25) is 0 Å². The van der Waals surface area contributed by atoms with E-state index in [0.717, 1.165) is 18.6 Å². The molecule has 0 bridgehead atoms. The molecule has 0 aromatic rings. The molecule has 0 aliphatic heterocycles. The molecule has 1 atom stereocenters. The zero-order valence-corrected chi connectivity index (χ0v) is 9.91. The summed E-state index contributed by atoms with van der Waals surface area (Å²) >= 11 is 4.10. The Kier molecular flexibility index (Phi) is 8.33. The number of hydrogen-bond acceptors (Lipinski definition) is 2. The summed E-state index contributed by atoms with van der Waals surface area (Å²) in [6, 6.07) is 0. The fourth-order valence-corrected chi connectivity index (χ4v) is 1.57. The maximum atomic E-state index is 11.7. The van der Waals surface area contributed by atoms with Crippen molar-refractivity contribution in [1.29, 1.82) is 0 Å². The van der Waals surface area contributed by atoms with Crippen molar-refractivity contribution in [3.63, 3.8) is 0 Å². The lowest BCUT2D eigenvalue weighted by Gasteiger charge is -2.10. The molecule has 92 valence electrons. The summed E-state index contributed by atoms with van der Waals surface area (Å²) in [6.45, 7) is 2.84. The van der Waals surface area contributed by atoms with Gasteiger partial charge in [-0.05, 0) is 30.9 Å². The van der Waals surface area contributed by atoms with E-state index in [0.29, 0.717) is 12.5 Å². The van der Waals surface area contributed by atoms with Crippen molar-refractivity contribution < 1.29 is 17.9 Å². The van der Waals surface area contributed by atoms with Gasteiger partial charge in [-0.3, -0.25) is 0 Å².